The number of aromatic nitrogens is 1. The van der Waals surface area contributed by atoms with Gasteiger partial charge in [-0.1, -0.05) is 24.3 Å². The molecule has 0 aliphatic carbocycles. The van der Waals surface area contributed by atoms with E-state index in [0.29, 0.717) is 39.4 Å². The minimum absolute atomic E-state index is 0.158. The van der Waals surface area contributed by atoms with Crippen molar-refractivity contribution in [3.8, 4) is 22.8 Å². The summed E-state index contributed by atoms with van der Waals surface area (Å²) in [7, 11) is 3.19. The summed E-state index contributed by atoms with van der Waals surface area (Å²) in [5, 5.41) is 13.5. The molecular weight excluding hydrogens is 478 g/mol. The summed E-state index contributed by atoms with van der Waals surface area (Å²) in [4.78, 5) is 18.3. The van der Waals surface area contributed by atoms with Crippen LogP contribution in [-0.4, -0.2) is 35.4 Å². The minimum atomic E-state index is -1.03. The van der Waals surface area contributed by atoms with Gasteiger partial charge in [-0.2, -0.15) is 0 Å². The lowest BCUT2D eigenvalue weighted by molar-refractivity contribution is 0.0697. The van der Waals surface area contributed by atoms with Crippen molar-refractivity contribution >= 4 is 29.0 Å². The second-order valence-corrected chi connectivity index (χ2v) is 8.47. The topological polar surface area (TPSA) is 97.1 Å². The van der Waals surface area contributed by atoms with Crippen molar-refractivity contribution in [3.63, 3.8) is 0 Å². The van der Waals surface area contributed by atoms with E-state index in [-0.39, 0.29) is 11.6 Å². The molecule has 4 aromatic rings. The number of thiocarbonyl (C=S) groups is 1. The van der Waals surface area contributed by atoms with E-state index in [9.17, 15) is 9.90 Å². The standard InChI is InChI=1S/C27H23N3O5S/c1-33-16-10-11-22(34-2)20(15-16)30-25(24(29-27(30)36)19-9-5-6-14-28-19)23-13-12-21(35-23)17-7-3-4-8-18(17)26(31)32/h3-15,24-25H,1-2H3,(H,29,36)(H,31,32)/t24-,25-/m0/s1. The van der Waals surface area contributed by atoms with Crippen LogP contribution in [0.3, 0.4) is 0 Å². The van der Waals surface area contributed by atoms with Gasteiger partial charge in [0.1, 0.15) is 29.1 Å². The fourth-order valence-electron chi connectivity index (χ4n) is 4.43. The fourth-order valence-corrected chi connectivity index (χ4v) is 4.77. The summed E-state index contributed by atoms with van der Waals surface area (Å²) < 4.78 is 17.4. The van der Waals surface area contributed by atoms with Crippen LogP contribution in [0.2, 0.25) is 0 Å². The first-order valence-electron chi connectivity index (χ1n) is 11.2. The maximum atomic E-state index is 11.8. The zero-order valence-electron chi connectivity index (χ0n) is 19.5. The Morgan fingerprint density at radius 3 is 2.58 bits per heavy atom. The molecule has 1 fully saturated rings. The number of hydrogen-bond acceptors (Lipinski definition) is 6. The van der Waals surface area contributed by atoms with Gasteiger partial charge in [-0.3, -0.25) is 4.98 Å². The van der Waals surface area contributed by atoms with Crippen LogP contribution in [0.4, 0.5) is 5.69 Å². The third kappa shape index (κ3) is 4.14. The minimum Gasteiger partial charge on any atom is -0.497 e. The van der Waals surface area contributed by atoms with Gasteiger partial charge in [-0.15, -0.1) is 0 Å². The molecule has 5 rings (SSSR count). The number of furan rings is 1. The second-order valence-electron chi connectivity index (χ2n) is 8.09. The highest BCUT2D eigenvalue weighted by molar-refractivity contribution is 7.80. The largest absolute Gasteiger partial charge is 0.497 e. The Kier molecular flexibility index (Phi) is 6.30. The molecule has 0 unspecified atom stereocenters. The zero-order chi connectivity index (χ0) is 25.2. The maximum absolute atomic E-state index is 11.8. The van der Waals surface area contributed by atoms with Gasteiger partial charge in [0.2, 0.25) is 0 Å². The molecule has 2 aromatic carbocycles. The molecule has 36 heavy (non-hydrogen) atoms. The number of carboxylic acids is 1. The molecule has 8 nitrogen and oxygen atoms in total. The Bertz CT molecular complexity index is 1420. The van der Waals surface area contributed by atoms with Crippen LogP contribution in [0.1, 0.15) is 33.9 Å². The molecule has 1 aliphatic heterocycles. The van der Waals surface area contributed by atoms with Crippen molar-refractivity contribution in [3.05, 3.63) is 96.0 Å². The molecule has 3 heterocycles. The Labute approximate surface area is 213 Å². The lowest BCUT2D eigenvalue weighted by atomic mass is 10.0. The smallest absolute Gasteiger partial charge is 0.336 e. The maximum Gasteiger partial charge on any atom is 0.336 e. The van der Waals surface area contributed by atoms with Crippen molar-refractivity contribution < 1.29 is 23.8 Å². The number of hydrogen-bond donors (Lipinski definition) is 2. The van der Waals surface area contributed by atoms with Gasteiger partial charge in [-0.05, 0) is 54.7 Å². The molecule has 2 aromatic heterocycles. The summed E-state index contributed by atoms with van der Waals surface area (Å²) in [6.45, 7) is 0. The molecule has 2 atom stereocenters. The summed E-state index contributed by atoms with van der Waals surface area (Å²) in [6, 6.07) is 20.7. The SMILES string of the molecule is COc1ccc(OC)c(N2C(=S)N[C@@H](c3ccccn3)[C@@H]2c2ccc(-c3ccccc3C(=O)O)o2)c1. The fraction of sp³-hybridized carbons (Fsp3) is 0.148. The van der Waals surface area contributed by atoms with Gasteiger partial charge >= 0.3 is 5.97 Å². The van der Waals surface area contributed by atoms with Crippen LogP contribution in [0.15, 0.2) is 83.4 Å². The number of anilines is 1. The summed E-state index contributed by atoms with van der Waals surface area (Å²) in [5.41, 5.74) is 2.12. The van der Waals surface area contributed by atoms with E-state index in [1.807, 2.05) is 47.4 Å². The number of methoxy groups -OCH3 is 2. The molecule has 1 saturated heterocycles. The van der Waals surface area contributed by atoms with Crippen LogP contribution in [0.25, 0.3) is 11.3 Å². The molecule has 0 radical (unpaired) electrons. The van der Waals surface area contributed by atoms with Gasteiger partial charge in [0, 0.05) is 17.8 Å². The zero-order valence-corrected chi connectivity index (χ0v) is 20.4. The Morgan fingerprint density at radius 2 is 1.86 bits per heavy atom. The van der Waals surface area contributed by atoms with Gasteiger partial charge < -0.3 is 29.2 Å². The summed E-state index contributed by atoms with van der Waals surface area (Å²) >= 11 is 5.79. The van der Waals surface area contributed by atoms with Crippen LogP contribution in [0.5, 0.6) is 11.5 Å². The van der Waals surface area contributed by atoms with E-state index in [4.69, 9.17) is 26.1 Å². The van der Waals surface area contributed by atoms with Gasteiger partial charge in [0.15, 0.2) is 5.11 Å². The number of rotatable bonds is 7. The molecule has 182 valence electrons. The van der Waals surface area contributed by atoms with Crippen molar-refractivity contribution in [1.82, 2.24) is 10.3 Å². The summed E-state index contributed by atoms with van der Waals surface area (Å²) in [5.74, 6) is 1.25. The Hall–Kier alpha value is -4.37. The first-order chi connectivity index (χ1) is 17.5. The predicted octanol–water partition coefficient (Wildman–Crippen LogP) is 5.23. The number of nitrogens with zero attached hydrogens (tertiary/aromatic N) is 2. The van der Waals surface area contributed by atoms with Crippen molar-refractivity contribution in [2.24, 2.45) is 0 Å². The number of carbonyl (C=O) groups is 1. The average Bonchev–Trinajstić information content (AvgIpc) is 3.53. The number of nitrogens with one attached hydrogen (secondary N) is 1. The van der Waals surface area contributed by atoms with Crippen LogP contribution in [-0.2, 0) is 0 Å². The Balaban J connectivity index is 1.66. The van der Waals surface area contributed by atoms with E-state index in [2.05, 4.69) is 10.3 Å². The molecular formula is C27H23N3O5S. The van der Waals surface area contributed by atoms with Gasteiger partial charge in [0.05, 0.1) is 37.2 Å². The van der Waals surface area contributed by atoms with Crippen molar-refractivity contribution in [2.45, 2.75) is 12.1 Å². The average molecular weight is 502 g/mol. The van der Waals surface area contributed by atoms with Crippen LogP contribution < -0.4 is 19.7 Å². The molecule has 0 bridgehead atoms. The van der Waals surface area contributed by atoms with E-state index in [1.54, 1.807) is 50.7 Å². The number of pyridine rings is 1. The summed E-state index contributed by atoms with van der Waals surface area (Å²) in [6.07, 6.45) is 1.72. The lowest BCUT2D eigenvalue weighted by Crippen LogP contribution is -2.29. The number of benzene rings is 2. The third-order valence-electron chi connectivity index (χ3n) is 6.08. The predicted molar refractivity (Wildman–Crippen MR) is 139 cm³/mol. The molecule has 9 heteroatoms. The van der Waals surface area contributed by atoms with E-state index in [1.165, 1.54) is 0 Å². The monoisotopic (exact) mass is 501 g/mol. The highest BCUT2D eigenvalue weighted by atomic mass is 32.1. The highest BCUT2D eigenvalue weighted by Crippen LogP contribution is 2.46. The van der Waals surface area contributed by atoms with Crippen LogP contribution >= 0.6 is 12.2 Å². The highest BCUT2D eigenvalue weighted by Gasteiger charge is 2.43. The van der Waals surface area contributed by atoms with E-state index >= 15 is 0 Å². The quantitative estimate of drug-likeness (QED) is 0.330. The molecule has 0 saturated carbocycles. The Morgan fingerprint density at radius 1 is 1.06 bits per heavy atom. The van der Waals surface area contributed by atoms with Crippen molar-refractivity contribution in [1.29, 1.82) is 0 Å². The number of aromatic carboxylic acids is 1. The second kappa shape index (κ2) is 9.71. The lowest BCUT2D eigenvalue weighted by Gasteiger charge is -2.27. The van der Waals surface area contributed by atoms with Gasteiger partial charge in [0.25, 0.3) is 0 Å². The normalized spacial score (nSPS) is 17.1. The van der Waals surface area contributed by atoms with Crippen LogP contribution in [0, 0.1) is 0 Å². The molecule has 0 amide bonds. The molecule has 2 N–H and O–H groups in total. The van der Waals surface area contributed by atoms with Crippen molar-refractivity contribution in [2.75, 3.05) is 19.1 Å². The molecule has 0 spiro atoms. The van der Waals surface area contributed by atoms with E-state index < -0.39 is 12.0 Å². The number of carboxylic acid groups (broad SMARTS) is 1. The number of ether oxygens (including phenoxy) is 2. The van der Waals surface area contributed by atoms with Gasteiger partial charge in [-0.25, -0.2) is 4.79 Å². The third-order valence-corrected chi connectivity index (χ3v) is 6.40. The first kappa shape index (κ1) is 23.4. The first-order valence-corrected chi connectivity index (χ1v) is 11.6. The van der Waals surface area contributed by atoms with E-state index in [0.717, 1.165) is 5.69 Å². The molecule has 1 aliphatic rings.